The zero-order valence-corrected chi connectivity index (χ0v) is 5.99. The van der Waals surface area contributed by atoms with E-state index in [0.717, 1.165) is 6.42 Å². The maximum Gasteiger partial charge on any atom is 0.155 e. The van der Waals surface area contributed by atoms with Gasteiger partial charge in [-0.3, -0.25) is 4.84 Å². The van der Waals surface area contributed by atoms with Crippen LogP contribution in [0.1, 0.15) is 19.8 Å². The van der Waals surface area contributed by atoms with Crippen molar-refractivity contribution in [1.29, 1.82) is 0 Å². The van der Waals surface area contributed by atoms with Gasteiger partial charge in [0, 0.05) is 6.42 Å². The average Bonchev–Trinajstić information content (AvgIpc) is 1.88. The zero-order chi connectivity index (χ0) is 7.56. The lowest BCUT2D eigenvalue weighted by molar-refractivity contribution is -0.204. The Labute approximate surface area is 59.9 Å². The summed E-state index contributed by atoms with van der Waals surface area (Å²) in [6, 6.07) is 0. The molecule has 1 unspecified atom stereocenters. The maximum absolute atomic E-state index is 8.97. The molecule has 0 saturated carbocycles. The van der Waals surface area contributed by atoms with Crippen LogP contribution in [0.25, 0.3) is 0 Å². The van der Waals surface area contributed by atoms with Crippen LogP contribution in [0.15, 0.2) is 0 Å². The molecule has 1 rings (SSSR count). The van der Waals surface area contributed by atoms with Gasteiger partial charge < -0.3 is 9.84 Å². The van der Waals surface area contributed by atoms with Crippen LogP contribution in [0.3, 0.4) is 0 Å². The first kappa shape index (κ1) is 7.94. The van der Waals surface area contributed by atoms with Gasteiger partial charge in [0.05, 0.1) is 6.10 Å². The van der Waals surface area contributed by atoms with E-state index in [1.54, 1.807) is 0 Å². The van der Waals surface area contributed by atoms with Gasteiger partial charge in [-0.05, 0) is 13.3 Å². The fourth-order valence-corrected chi connectivity index (χ4v) is 1.12. The minimum Gasteiger partial charge on any atom is -0.368 e. The van der Waals surface area contributed by atoms with Crippen molar-refractivity contribution in [3.05, 3.63) is 0 Å². The fourth-order valence-electron chi connectivity index (χ4n) is 1.12. The van der Waals surface area contributed by atoms with Gasteiger partial charge in [-0.1, -0.05) is 0 Å². The Bertz CT molecular complexity index is 109. The highest BCUT2D eigenvalue weighted by Crippen LogP contribution is 2.18. The summed E-state index contributed by atoms with van der Waals surface area (Å²) in [6.45, 7) is 1.83. The highest BCUT2D eigenvalue weighted by atomic mass is 16.7. The number of hydrogen-bond donors (Lipinski definition) is 2. The molecule has 0 spiro atoms. The van der Waals surface area contributed by atoms with Crippen molar-refractivity contribution in [3.63, 3.8) is 0 Å². The van der Waals surface area contributed by atoms with Crippen molar-refractivity contribution in [2.45, 2.75) is 38.3 Å². The molecule has 0 aromatic heterocycles. The van der Waals surface area contributed by atoms with E-state index in [1.807, 2.05) is 6.92 Å². The van der Waals surface area contributed by atoms with E-state index in [1.165, 1.54) is 0 Å². The standard InChI is InChI=1S/C6H13NO3/c1-4-5(10-7)2-3-6(8)9-4/h4-6,8H,2-3,7H2,1H3/t4-,5-,6?/m0/s1. The molecule has 1 saturated heterocycles. The van der Waals surface area contributed by atoms with Gasteiger partial charge in [0.2, 0.25) is 0 Å². The second-order valence-corrected chi connectivity index (χ2v) is 2.55. The van der Waals surface area contributed by atoms with Gasteiger partial charge >= 0.3 is 0 Å². The second-order valence-electron chi connectivity index (χ2n) is 2.55. The summed E-state index contributed by atoms with van der Waals surface area (Å²) >= 11 is 0. The molecule has 0 bridgehead atoms. The summed E-state index contributed by atoms with van der Waals surface area (Å²) in [5.41, 5.74) is 0. The highest BCUT2D eigenvalue weighted by molar-refractivity contribution is 4.71. The largest absolute Gasteiger partial charge is 0.368 e. The third-order valence-corrected chi connectivity index (χ3v) is 1.77. The topological polar surface area (TPSA) is 64.7 Å². The predicted molar refractivity (Wildman–Crippen MR) is 34.8 cm³/mol. The quantitative estimate of drug-likeness (QED) is 0.502. The molecule has 0 radical (unpaired) electrons. The molecule has 1 aliphatic heterocycles. The third-order valence-electron chi connectivity index (χ3n) is 1.77. The van der Waals surface area contributed by atoms with Crippen LogP contribution in [-0.2, 0) is 9.57 Å². The summed E-state index contributed by atoms with van der Waals surface area (Å²) in [4.78, 5) is 4.62. The van der Waals surface area contributed by atoms with E-state index < -0.39 is 6.29 Å². The summed E-state index contributed by atoms with van der Waals surface area (Å²) in [5, 5.41) is 8.97. The molecule has 1 aliphatic rings. The first-order chi connectivity index (χ1) is 4.74. The van der Waals surface area contributed by atoms with Gasteiger partial charge in [0.25, 0.3) is 0 Å². The summed E-state index contributed by atoms with van der Waals surface area (Å²) in [7, 11) is 0. The molecular weight excluding hydrogens is 134 g/mol. The SMILES string of the molecule is C[C@@H]1OC(O)CC[C@@H]1ON. The van der Waals surface area contributed by atoms with Crippen molar-refractivity contribution >= 4 is 0 Å². The van der Waals surface area contributed by atoms with Crippen LogP contribution < -0.4 is 5.90 Å². The Morgan fingerprint density at radius 2 is 2.30 bits per heavy atom. The van der Waals surface area contributed by atoms with Crippen molar-refractivity contribution in [2.75, 3.05) is 0 Å². The number of aliphatic hydroxyl groups excluding tert-OH is 1. The van der Waals surface area contributed by atoms with Gasteiger partial charge in [-0.15, -0.1) is 0 Å². The molecule has 3 atom stereocenters. The number of hydrogen-bond acceptors (Lipinski definition) is 4. The van der Waals surface area contributed by atoms with Crippen molar-refractivity contribution in [1.82, 2.24) is 0 Å². The van der Waals surface area contributed by atoms with Gasteiger partial charge in [0.1, 0.15) is 6.10 Å². The van der Waals surface area contributed by atoms with Gasteiger partial charge in [-0.25, -0.2) is 5.90 Å². The molecule has 10 heavy (non-hydrogen) atoms. The van der Waals surface area contributed by atoms with E-state index in [2.05, 4.69) is 4.84 Å². The number of ether oxygens (including phenoxy) is 1. The monoisotopic (exact) mass is 147 g/mol. The molecule has 4 heteroatoms. The molecule has 1 fully saturated rings. The summed E-state index contributed by atoms with van der Waals surface area (Å²) in [5.74, 6) is 4.98. The Morgan fingerprint density at radius 3 is 2.80 bits per heavy atom. The van der Waals surface area contributed by atoms with Crippen molar-refractivity contribution < 1.29 is 14.7 Å². The van der Waals surface area contributed by atoms with E-state index in [4.69, 9.17) is 15.7 Å². The smallest absolute Gasteiger partial charge is 0.155 e. The van der Waals surface area contributed by atoms with Crippen LogP contribution in [0, 0.1) is 0 Å². The molecule has 60 valence electrons. The number of nitrogens with two attached hydrogens (primary N) is 1. The average molecular weight is 147 g/mol. The lowest BCUT2D eigenvalue weighted by Gasteiger charge is -2.30. The molecule has 1 heterocycles. The lowest BCUT2D eigenvalue weighted by atomic mass is 10.1. The molecule has 0 aliphatic carbocycles. The molecule has 0 aromatic rings. The maximum atomic E-state index is 8.97. The predicted octanol–water partition coefficient (Wildman–Crippen LogP) is -0.237. The first-order valence-corrected chi connectivity index (χ1v) is 3.43. The highest BCUT2D eigenvalue weighted by Gasteiger charge is 2.26. The molecule has 0 aromatic carbocycles. The van der Waals surface area contributed by atoms with Gasteiger partial charge in [0.15, 0.2) is 6.29 Å². The van der Waals surface area contributed by atoms with E-state index >= 15 is 0 Å². The lowest BCUT2D eigenvalue weighted by Crippen LogP contribution is -2.39. The Kier molecular flexibility index (Phi) is 2.62. The molecule has 3 N–H and O–H groups in total. The van der Waals surface area contributed by atoms with E-state index in [0.29, 0.717) is 6.42 Å². The first-order valence-electron chi connectivity index (χ1n) is 3.43. The van der Waals surface area contributed by atoms with Crippen molar-refractivity contribution in [3.8, 4) is 0 Å². The van der Waals surface area contributed by atoms with E-state index in [9.17, 15) is 0 Å². The van der Waals surface area contributed by atoms with Gasteiger partial charge in [-0.2, -0.15) is 0 Å². The van der Waals surface area contributed by atoms with E-state index in [-0.39, 0.29) is 12.2 Å². The van der Waals surface area contributed by atoms with Crippen LogP contribution in [0.5, 0.6) is 0 Å². The fraction of sp³-hybridized carbons (Fsp3) is 1.00. The van der Waals surface area contributed by atoms with Crippen LogP contribution in [0.4, 0.5) is 0 Å². The Morgan fingerprint density at radius 1 is 1.60 bits per heavy atom. The number of rotatable bonds is 1. The molecule has 0 amide bonds. The summed E-state index contributed by atoms with van der Waals surface area (Å²) in [6.07, 6.45) is 0.559. The zero-order valence-electron chi connectivity index (χ0n) is 5.99. The Hall–Kier alpha value is -0.160. The van der Waals surface area contributed by atoms with Crippen LogP contribution in [0.2, 0.25) is 0 Å². The molecule has 4 nitrogen and oxygen atoms in total. The second kappa shape index (κ2) is 3.30. The number of aliphatic hydroxyl groups is 1. The minimum absolute atomic E-state index is 0.0663. The third kappa shape index (κ3) is 1.67. The minimum atomic E-state index is -0.638. The van der Waals surface area contributed by atoms with Crippen LogP contribution in [-0.4, -0.2) is 23.6 Å². The normalized spacial score (nSPS) is 41.7. The molecular formula is C6H13NO3. The van der Waals surface area contributed by atoms with Crippen LogP contribution >= 0.6 is 0 Å². The Balaban J connectivity index is 2.36. The van der Waals surface area contributed by atoms with Crippen molar-refractivity contribution in [2.24, 2.45) is 5.90 Å². The summed E-state index contributed by atoms with van der Waals surface area (Å²) < 4.78 is 5.04.